The van der Waals surface area contributed by atoms with Crippen LogP contribution in [0.2, 0.25) is 0 Å². The van der Waals surface area contributed by atoms with Crippen LogP contribution in [0.15, 0.2) is 90.2 Å². The highest BCUT2D eigenvalue weighted by Gasteiger charge is 1.87. The molecule has 0 amide bonds. The highest BCUT2D eigenvalue weighted by atomic mass is 13.9. The summed E-state index contributed by atoms with van der Waals surface area (Å²) < 4.78 is 0. The van der Waals surface area contributed by atoms with Gasteiger partial charge in [0.25, 0.3) is 0 Å². The van der Waals surface area contributed by atoms with Crippen LogP contribution in [0.4, 0.5) is 0 Å². The van der Waals surface area contributed by atoms with Crippen LogP contribution in [0.25, 0.3) is 12.2 Å². The SMILES string of the molecule is CC=C=C(C=Cc1ccccc1)C=Cc1ccccc1. The van der Waals surface area contributed by atoms with Crippen LogP contribution in [0.3, 0.4) is 0 Å². The molecule has 0 radical (unpaired) electrons. The predicted octanol–water partition coefficient (Wildman–Crippen LogP) is 5.51. The van der Waals surface area contributed by atoms with Gasteiger partial charge in [-0.2, -0.15) is 0 Å². The number of allylic oxidation sites excluding steroid dienone is 3. The summed E-state index contributed by atoms with van der Waals surface area (Å²) in [6, 6.07) is 20.6. The average Bonchev–Trinajstić information content (AvgIpc) is 2.52. The van der Waals surface area contributed by atoms with Crippen LogP contribution in [-0.2, 0) is 0 Å². The molecule has 98 valence electrons. The lowest BCUT2D eigenvalue weighted by atomic mass is 10.1. The average molecular weight is 258 g/mol. The van der Waals surface area contributed by atoms with E-state index in [4.69, 9.17) is 0 Å². The molecule has 0 fully saturated rings. The first kappa shape index (κ1) is 13.9. The molecular formula is C20H18. The van der Waals surface area contributed by atoms with Crippen molar-refractivity contribution >= 4 is 12.2 Å². The minimum atomic E-state index is 1.06. The van der Waals surface area contributed by atoms with Gasteiger partial charge in [-0.05, 0) is 36.3 Å². The Morgan fingerprint density at radius 2 is 1.20 bits per heavy atom. The molecule has 0 unspecified atom stereocenters. The molecule has 2 rings (SSSR count). The molecule has 2 aromatic rings. The third kappa shape index (κ3) is 4.61. The summed E-state index contributed by atoms with van der Waals surface area (Å²) in [7, 11) is 0. The molecule has 0 heteroatoms. The minimum absolute atomic E-state index is 1.06. The van der Waals surface area contributed by atoms with Crippen molar-refractivity contribution in [1.29, 1.82) is 0 Å². The molecule has 0 saturated carbocycles. The Kier molecular flexibility index (Phi) is 5.39. The molecular weight excluding hydrogens is 240 g/mol. The Balaban J connectivity index is 2.15. The highest BCUT2D eigenvalue weighted by Crippen LogP contribution is 2.08. The standard InChI is InChI=1S/C20H18/c1-2-9-18(14-16-19-10-5-3-6-11-19)15-17-20-12-7-4-8-13-20/h2-8,10-17H,1H3. The first-order valence-electron chi connectivity index (χ1n) is 6.76. The van der Waals surface area contributed by atoms with E-state index in [-0.39, 0.29) is 0 Å². The molecule has 2 aromatic carbocycles. The van der Waals surface area contributed by atoms with E-state index < -0.39 is 0 Å². The lowest BCUT2D eigenvalue weighted by Gasteiger charge is -1.94. The summed E-state index contributed by atoms with van der Waals surface area (Å²) in [5.41, 5.74) is 6.68. The van der Waals surface area contributed by atoms with Gasteiger partial charge in [0.2, 0.25) is 0 Å². The molecule has 0 aliphatic carbocycles. The van der Waals surface area contributed by atoms with Gasteiger partial charge in [-0.1, -0.05) is 72.8 Å². The second-order valence-electron chi connectivity index (χ2n) is 4.38. The Morgan fingerprint density at radius 1 is 0.750 bits per heavy atom. The predicted molar refractivity (Wildman–Crippen MR) is 88.2 cm³/mol. The molecule has 0 saturated heterocycles. The summed E-state index contributed by atoms with van der Waals surface area (Å²) in [6.45, 7) is 1.98. The highest BCUT2D eigenvalue weighted by molar-refractivity contribution is 5.59. The van der Waals surface area contributed by atoms with Crippen molar-refractivity contribution in [3.8, 4) is 0 Å². The molecule has 0 atom stereocenters. The second kappa shape index (κ2) is 7.78. The van der Waals surface area contributed by atoms with Gasteiger partial charge < -0.3 is 0 Å². The maximum atomic E-state index is 3.24. The Labute approximate surface area is 121 Å². The van der Waals surface area contributed by atoms with Gasteiger partial charge >= 0.3 is 0 Å². The number of hydrogen-bond donors (Lipinski definition) is 0. The molecule has 0 N–H and O–H groups in total. The van der Waals surface area contributed by atoms with Gasteiger partial charge in [-0.15, -0.1) is 5.73 Å². The van der Waals surface area contributed by atoms with E-state index in [2.05, 4.69) is 54.3 Å². The Morgan fingerprint density at radius 3 is 1.60 bits per heavy atom. The van der Waals surface area contributed by atoms with E-state index in [9.17, 15) is 0 Å². The fraction of sp³-hybridized carbons (Fsp3) is 0.0500. The van der Waals surface area contributed by atoms with E-state index in [0.717, 1.165) is 5.57 Å². The van der Waals surface area contributed by atoms with E-state index in [1.807, 2.05) is 49.4 Å². The van der Waals surface area contributed by atoms with Crippen molar-refractivity contribution in [3.63, 3.8) is 0 Å². The van der Waals surface area contributed by atoms with E-state index in [1.54, 1.807) is 0 Å². The Hall–Kier alpha value is -2.56. The van der Waals surface area contributed by atoms with Gasteiger partial charge in [0.1, 0.15) is 0 Å². The van der Waals surface area contributed by atoms with Crippen LogP contribution >= 0.6 is 0 Å². The topological polar surface area (TPSA) is 0 Å². The van der Waals surface area contributed by atoms with Crippen LogP contribution in [0.5, 0.6) is 0 Å². The lowest BCUT2D eigenvalue weighted by molar-refractivity contribution is 1.63. The summed E-state index contributed by atoms with van der Waals surface area (Å²) in [5.74, 6) is 0. The smallest absolute Gasteiger partial charge is 0.0161 e. The monoisotopic (exact) mass is 258 g/mol. The van der Waals surface area contributed by atoms with Gasteiger partial charge in [0.05, 0.1) is 0 Å². The normalized spacial score (nSPS) is 10.7. The number of benzene rings is 2. The van der Waals surface area contributed by atoms with Crippen molar-refractivity contribution in [2.45, 2.75) is 6.92 Å². The molecule has 20 heavy (non-hydrogen) atoms. The van der Waals surface area contributed by atoms with Gasteiger partial charge in [0, 0.05) is 5.57 Å². The van der Waals surface area contributed by atoms with Crippen LogP contribution in [0.1, 0.15) is 18.1 Å². The van der Waals surface area contributed by atoms with Crippen molar-refractivity contribution < 1.29 is 0 Å². The minimum Gasteiger partial charge on any atom is -0.118 e. The summed E-state index contributed by atoms with van der Waals surface area (Å²) >= 11 is 0. The first-order chi connectivity index (χ1) is 9.88. The number of hydrogen-bond acceptors (Lipinski definition) is 0. The summed E-state index contributed by atoms with van der Waals surface area (Å²) in [6.07, 6.45) is 10.3. The maximum Gasteiger partial charge on any atom is 0.0161 e. The molecule has 0 spiro atoms. The summed E-state index contributed by atoms with van der Waals surface area (Å²) in [5, 5.41) is 0. The van der Waals surface area contributed by atoms with Gasteiger partial charge in [0.15, 0.2) is 0 Å². The fourth-order valence-corrected chi connectivity index (χ4v) is 1.82. The largest absolute Gasteiger partial charge is 0.118 e. The zero-order chi connectivity index (χ0) is 14.0. The zero-order valence-electron chi connectivity index (χ0n) is 11.7. The molecule has 0 aliphatic heterocycles. The zero-order valence-corrected chi connectivity index (χ0v) is 11.7. The van der Waals surface area contributed by atoms with Crippen molar-refractivity contribution in [2.75, 3.05) is 0 Å². The van der Waals surface area contributed by atoms with Crippen molar-refractivity contribution in [2.24, 2.45) is 0 Å². The molecule has 0 bridgehead atoms. The third-order valence-electron chi connectivity index (χ3n) is 2.82. The lowest BCUT2D eigenvalue weighted by Crippen LogP contribution is -1.73. The van der Waals surface area contributed by atoms with Crippen molar-refractivity contribution in [3.05, 3.63) is 101 Å². The molecule has 0 heterocycles. The Bertz CT molecular complexity index is 585. The van der Waals surface area contributed by atoms with E-state index in [1.165, 1.54) is 11.1 Å². The van der Waals surface area contributed by atoms with Crippen LogP contribution in [0, 0.1) is 0 Å². The second-order valence-corrected chi connectivity index (χ2v) is 4.38. The van der Waals surface area contributed by atoms with E-state index >= 15 is 0 Å². The van der Waals surface area contributed by atoms with Crippen LogP contribution < -0.4 is 0 Å². The van der Waals surface area contributed by atoms with Gasteiger partial charge in [-0.25, -0.2) is 0 Å². The maximum absolute atomic E-state index is 3.24. The molecule has 0 nitrogen and oxygen atoms in total. The fourth-order valence-electron chi connectivity index (χ4n) is 1.82. The molecule has 0 aromatic heterocycles. The number of rotatable bonds is 4. The van der Waals surface area contributed by atoms with Gasteiger partial charge in [-0.3, -0.25) is 0 Å². The van der Waals surface area contributed by atoms with Crippen molar-refractivity contribution in [1.82, 2.24) is 0 Å². The summed E-state index contributed by atoms with van der Waals surface area (Å²) in [4.78, 5) is 0. The quantitative estimate of drug-likeness (QED) is 0.500. The first-order valence-corrected chi connectivity index (χ1v) is 6.76. The van der Waals surface area contributed by atoms with Crippen LogP contribution in [-0.4, -0.2) is 0 Å². The third-order valence-corrected chi connectivity index (χ3v) is 2.82. The van der Waals surface area contributed by atoms with E-state index in [0.29, 0.717) is 0 Å². The molecule has 0 aliphatic rings.